The molecule has 1 aliphatic rings. The van der Waals surface area contributed by atoms with Crippen molar-refractivity contribution in [3.8, 4) is 0 Å². The summed E-state index contributed by atoms with van der Waals surface area (Å²) in [6.45, 7) is 0.564. The van der Waals surface area contributed by atoms with Gasteiger partial charge in [0.15, 0.2) is 5.69 Å². The van der Waals surface area contributed by atoms with Gasteiger partial charge >= 0.3 is 0 Å². The van der Waals surface area contributed by atoms with E-state index in [0.29, 0.717) is 6.54 Å². The zero-order valence-electron chi connectivity index (χ0n) is 14.2. The van der Waals surface area contributed by atoms with E-state index in [4.69, 9.17) is 0 Å². The minimum absolute atomic E-state index is 0.111. The summed E-state index contributed by atoms with van der Waals surface area (Å²) in [6, 6.07) is 13.1. The van der Waals surface area contributed by atoms with E-state index in [1.807, 2.05) is 30.3 Å². The zero-order valence-corrected chi connectivity index (χ0v) is 14.2. The Bertz CT molecular complexity index is 977. The van der Waals surface area contributed by atoms with Crippen LogP contribution in [-0.2, 0) is 13.0 Å². The molecule has 2 heterocycles. The molecule has 0 radical (unpaired) electrons. The molecule has 3 aromatic rings. The zero-order chi connectivity index (χ0) is 17.9. The van der Waals surface area contributed by atoms with Crippen LogP contribution >= 0.6 is 0 Å². The summed E-state index contributed by atoms with van der Waals surface area (Å²) in [4.78, 5) is 26.9. The van der Waals surface area contributed by atoms with Crippen LogP contribution < -0.4 is 10.9 Å². The third-order valence-electron chi connectivity index (χ3n) is 4.60. The lowest BCUT2D eigenvalue weighted by Gasteiger charge is -2.25. The normalized spacial score (nSPS) is 16.1. The average Bonchev–Trinajstić information content (AvgIpc) is 3.11. The number of benzene rings is 1. The van der Waals surface area contributed by atoms with Gasteiger partial charge in [-0.25, -0.2) is 4.68 Å². The molecular formula is C19H19N5O2. The van der Waals surface area contributed by atoms with Crippen molar-refractivity contribution in [2.75, 3.05) is 0 Å². The molecule has 1 unspecified atom stereocenters. The van der Waals surface area contributed by atoms with E-state index >= 15 is 0 Å². The van der Waals surface area contributed by atoms with Crippen molar-refractivity contribution in [1.82, 2.24) is 25.3 Å². The molecule has 1 aliphatic carbocycles. The first-order valence-corrected chi connectivity index (χ1v) is 8.66. The fourth-order valence-electron chi connectivity index (χ4n) is 3.33. The van der Waals surface area contributed by atoms with Crippen LogP contribution in [0.25, 0.3) is 0 Å². The third-order valence-corrected chi connectivity index (χ3v) is 4.60. The van der Waals surface area contributed by atoms with E-state index < -0.39 is 0 Å². The van der Waals surface area contributed by atoms with Gasteiger partial charge in [0, 0.05) is 11.8 Å². The lowest BCUT2D eigenvalue weighted by molar-refractivity contribution is 0.0927. The summed E-state index contributed by atoms with van der Waals surface area (Å²) in [5, 5.41) is 11.0. The fraction of sp³-hybridized carbons (Fsp3) is 0.263. The number of amides is 1. The van der Waals surface area contributed by atoms with Crippen molar-refractivity contribution in [2.24, 2.45) is 0 Å². The highest BCUT2D eigenvalue weighted by atomic mass is 16.2. The maximum atomic E-state index is 12.6. The Hall–Kier alpha value is -3.22. The molecule has 132 valence electrons. The lowest BCUT2D eigenvalue weighted by atomic mass is 9.91. The van der Waals surface area contributed by atoms with Gasteiger partial charge in [0.05, 0.1) is 18.8 Å². The Morgan fingerprint density at radius 3 is 2.92 bits per heavy atom. The van der Waals surface area contributed by atoms with Crippen molar-refractivity contribution in [1.29, 1.82) is 0 Å². The van der Waals surface area contributed by atoms with Crippen LogP contribution in [0.1, 0.15) is 46.2 Å². The van der Waals surface area contributed by atoms with Crippen LogP contribution in [0.2, 0.25) is 0 Å². The standard InChI is InChI=1S/C19H19N5O2/c25-18-10-9-14-15(20-18)7-4-8-16(14)21-19(26)17-12-24(23-22-17)11-13-5-2-1-3-6-13/h1-3,5-6,9-10,12,16H,4,7-8,11H2,(H,20,25)(H,21,26). The molecule has 0 fully saturated rings. The van der Waals surface area contributed by atoms with Crippen molar-refractivity contribution < 1.29 is 4.79 Å². The molecule has 2 aromatic heterocycles. The van der Waals surface area contributed by atoms with Crippen molar-refractivity contribution >= 4 is 5.91 Å². The number of aromatic nitrogens is 4. The van der Waals surface area contributed by atoms with Gasteiger partial charge in [-0.15, -0.1) is 5.10 Å². The number of nitrogens with one attached hydrogen (secondary N) is 2. The molecule has 1 aromatic carbocycles. The molecule has 7 heteroatoms. The Balaban J connectivity index is 1.47. The monoisotopic (exact) mass is 349 g/mol. The van der Waals surface area contributed by atoms with Crippen molar-refractivity contribution in [2.45, 2.75) is 31.8 Å². The SMILES string of the molecule is O=C(NC1CCCc2[nH]c(=O)ccc21)c1cn(Cc2ccccc2)nn1. The molecule has 4 rings (SSSR count). The fourth-order valence-corrected chi connectivity index (χ4v) is 3.33. The van der Waals surface area contributed by atoms with E-state index in [2.05, 4.69) is 20.6 Å². The van der Waals surface area contributed by atoms with E-state index in [1.165, 1.54) is 6.07 Å². The van der Waals surface area contributed by atoms with Crippen LogP contribution in [0.4, 0.5) is 0 Å². The summed E-state index contributed by atoms with van der Waals surface area (Å²) in [7, 11) is 0. The largest absolute Gasteiger partial charge is 0.344 e. The van der Waals surface area contributed by atoms with Gasteiger partial charge in [-0.3, -0.25) is 9.59 Å². The Labute approximate surface area is 150 Å². The van der Waals surface area contributed by atoms with Gasteiger partial charge in [-0.2, -0.15) is 0 Å². The molecule has 1 amide bonds. The second-order valence-corrected chi connectivity index (χ2v) is 6.46. The number of carbonyl (C=O) groups excluding carboxylic acids is 1. The van der Waals surface area contributed by atoms with E-state index in [1.54, 1.807) is 16.9 Å². The number of rotatable bonds is 4. The van der Waals surface area contributed by atoms with Gasteiger partial charge in [-0.05, 0) is 36.5 Å². The minimum atomic E-state index is -0.256. The highest BCUT2D eigenvalue weighted by Gasteiger charge is 2.23. The number of pyridine rings is 1. The lowest BCUT2D eigenvalue weighted by Crippen LogP contribution is -2.32. The first-order chi connectivity index (χ1) is 12.7. The summed E-state index contributed by atoms with van der Waals surface area (Å²) < 4.78 is 1.65. The van der Waals surface area contributed by atoms with Crippen molar-refractivity contribution in [3.63, 3.8) is 0 Å². The molecular weight excluding hydrogens is 330 g/mol. The summed E-state index contributed by atoms with van der Waals surface area (Å²) in [5.74, 6) is -0.256. The molecule has 7 nitrogen and oxygen atoms in total. The third kappa shape index (κ3) is 3.42. The predicted molar refractivity (Wildman–Crippen MR) is 95.8 cm³/mol. The second kappa shape index (κ2) is 6.95. The number of fused-ring (bicyclic) bond motifs is 1. The number of aryl methyl sites for hydroxylation is 1. The number of hydrogen-bond donors (Lipinski definition) is 2. The Kier molecular flexibility index (Phi) is 4.35. The van der Waals surface area contributed by atoms with Gasteiger partial charge in [0.25, 0.3) is 5.91 Å². The van der Waals surface area contributed by atoms with Gasteiger partial charge < -0.3 is 10.3 Å². The quantitative estimate of drug-likeness (QED) is 0.751. The highest BCUT2D eigenvalue weighted by molar-refractivity contribution is 5.92. The summed E-state index contributed by atoms with van der Waals surface area (Å²) in [6.07, 6.45) is 4.23. The van der Waals surface area contributed by atoms with Crippen LogP contribution in [0.5, 0.6) is 0 Å². The second-order valence-electron chi connectivity index (χ2n) is 6.46. The van der Waals surface area contributed by atoms with Crippen LogP contribution in [0, 0.1) is 0 Å². The van der Waals surface area contributed by atoms with Crippen LogP contribution in [-0.4, -0.2) is 25.9 Å². The number of hydrogen-bond acceptors (Lipinski definition) is 4. The van der Waals surface area contributed by atoms with Gasteiger partial charge in [-0.1, -0.05) is 35.5 Å². The molecule has 0 saturated carbocycles. The van der Waals surface area contributed by atoms with Gasteiger partial charge in [0.1, 0.15) is 0 Å². The molecule has 0 aliphatic heterocycles. The smallest absolute Gasteiger partial charge is 0.273 e. The highest BCUT2D eigenvalue weighted by Crippen LogP contribution is 2.27. The number of carbonyl (C=O) groups is 1. The summed E-state index contributed by atoms with van der Waals surface area (Å²) in [5.41, 5.74) is 3.15. The van der Waals surface area contributed by atoms with Crippen LogP contribution in [0.3, 0.4) is 0 Å². The van der Waals surface area contributed by atoms with E-state index in [0.717, 1.165) is 36.1 Å². The molecule has 26 heavy (non-hydrogen) atoms. The van der Waals surface area contributed by atoms with Crippen molar-refractivity contribution in [3.05, 3.63) is 81.5 Å². The Morgan fingerprint density at radius 1 is 1.23 bits per heavy atom. The van der Waals surface area contributed by atoms with Gasteiger partial charge in [0.2, 0.25) is 5.56 Å². The summed E-state index contributed by atoms with van der Waals surface area (Å²) >= 11 is 0. The Morgan fingerprint density at radius 2 is 2.08 bits per heavy atom. The molecule has 2 N–H and O–H groups in total. The first-order valence-electron chi connectivity index (χ1n) is 8.66. The van der Waals surface area contributed by atoms with E-state index in [9.17, 15) is 9.59 Å². The topological polar surface area (TPSA) is 92.7 Å². The maximum Gasteiger partial charge on any atom is 0.273 e. The predicted octanol–water partition coefficient (Wildman–Crippen LogP) is 1.82. The number of aromatic amines is 1. The first kappa shape index (κ1) is 16.3. The maximum absolute atomic E-state index is 12.6. The average molecular weight is 349 g/mol. The molecule has 0 bridgehead atoms. The number of H-pyrrole nitrogens is 1. The number of nitrogens with zero attached hydrogens (tertiary/aromatic N) is 3. The minimum Gasteiger partial charge on any atom is -0.344 e. The molecule has 1 atom stereocenters. The molecule has 0 saturated heterocycles. The van der Waals surface area contributed by atoms with E-state index in [-0.39, 0.29) is 23.2 Å². The molecule has 0 spiro atoms. The van der Waals surface area contributed by atoms with Crippen LogP contribution in [0.15, 0.2) is 53.5 Å².